The molecule has 0 fully saturated rings. The largest absolute Gasteiger partial charge is 0.290 e. The molecule has 1 heterocycles. The van der Waals surface area contributed by atoms with Gasteiger partial charge in [-0.2, -0.15) is 0 Å². The molecule has 3 aromatic carbocycles. The second kappa shape index (κ2) is 10.2. The molecule has 0 radical (unpaired) electrons. The Labute approximate surface area is 224 Å². The summed E-state index contributed by atoms with van der Waals surface area (Å²) in [6.45, 7) is 4.08. The van der Waals surface area contributed by atoms with E-state index < -0.39 is 5.41 Å². The Morgan fingerprint density at radius 2 is 1.65 bits per heavy atom. The smallest absolute Gasteiger partial charge is 0.174 e. The molecular formula is C25H18BrCl3F2N2S. The SMILES string of the molecule is CC(C)(c1ccc(Cl)c(Cl)c1)c1c(Br)nc(SCc2c(F)cccc2Cl)n1-c1ccc(F)cc1. The van der Waals surface area contributed by atoms with Gasteiger partial charge in [-0.15, -0.1) is 0 Å². The molecule has 4 rings (SSSR count). The summed E-state index contributed by atoms with van der Waals surface area (Å²) >= 11 is 23.6. The standard InChI is InChI=1S/C25H18BrCl3F2N2S/c1-25(2,14-6-11-19(28)20(29)12-14)22-23(26)32-24(33(22)16-9-7-15(30)8-10-16)34-13-17-18(27)4-3-5-21(17)31/h3-12H,13H2,1-2H3. The minimum atomic E-state index is -0.580. The van der Waals surface area contributed by atoms with Crippen LogP contribution >= 0.6 is 62.5 Å². The molecule has 34 heavy (non-hydrogen) atoms. The Morgan fingerprint density at radius 3 is 2.29 bits per heavy atom. The van der Waals surface area contributed by atoms with Crippen molar-refractivity contribution < 1.29 is 8.78 Å². The molecule has 0 saturated heterocycles. The number of hydrogen-bond acceptors (Lipinski definition) is 2. The minimum Gasteiger partial charge on any atom is -0.290 e. The van der Waals surface area contributed by atoms with Crippen LogP contribution in [0.2, 0.25) is 15.1 Å². The van der Waals surface area contributed by atoms with Gasteiger partial charge in [-0.05, 0) is 70.0 Å². The van der Waals surface area contributed by atoms with Gasteiger partial charge in [0.25, 0.3) is 0 Å². The average Bonchev–Trinajstić information content (AvgIpc) is 3.12. The van der Waals surface area contributed by atoms with Gasteiger partial charge in [0.1, 0.15) is 16.2 Å². The van der Waals surface area contributed by atoms with Crippen LogP contribution in [0.25, 0.3) is 5.69 Å². The Morgan fingerprint density at radius 1 is 0.941 bits per heavy atom. The van der Waals surface area contributed by atoms with Crippen LogP contribution in [0.5, 0.6) is 0 Å². The lowest BCUT2D eigenvalue weighted by Crippen LogP contribution is -2.23. The monoisotopic (exact) mass is 600 g/mol. The molecule has 0 unspecified atom stereocenters. The number of nitrogens with zero attached hydrogens (tertiary/aromatic N) is 2. The minimum absolute atomic E-state index is 0.267. The molecule has 0 bridgehead atoms. The van der Waals surface area contributed by atoms with Crippen LogP contribution in [-0.4, -0.2) is 9.55 Å². The first-order valence-electron chi connectivity index (χ1n) is 10.2. The maximum atomic E-state index is 14.4. The molecule has 0 aliphatic heterocycles. The lowest BCUT2D eigenvalue weighted by molar-refractivity contribution is 0.589. The maximum absolute atomic E-state index is 14.4. The summed E-state index contributed by atoms with van der Waals surface area (Å²) in [6.07, 6.45) is 0. The van der Waals surface area contributed by atoms with Crippen LogP contribution in [0.15, 0.2) is 70.4 Å². The van der Waals surface area contributed by atoms with E-state index in [0.29, 0.717) is 36.1 Å². The zero-order valence-corrected chi connectivity index (χ0v) is 22.7. The molecule has 0 saturated carbocycles. The number of rotatable bonds is 6. The maximum Gasteiger partial charge on any atom is 0.174 e. The molecule has 0 amide bonds. The number of halogens is 6. The summed E-state index contributed by atoms with van der Waals surface area (Å²) in [7, 11) is 0. The van der Waals surface area contributed by atoms with Crippen LogP contribution < -0.4 is 0 Å². The third kappa shape index (κ3) is 5.02. The lowest BCUT2D eigenvalue weighted by atomic mass is 9.81. The van der Waals surface area contributed by atoms with Gasteiger partial charge < -0.3 is 0 Å². The van der Waals surface area contributed by atoms with E-state index in [0.717, 1.165) is 11.3 Å². The number of thioether (sulfide) groups is 1. The van der Waals surface area contributed by atoms with Crippen LogP contribution in [0, 0.1) is 11.6 Å². The normalized spacial score (nSPS) is 11.8. The number of imidazole rings is 1. The predicted octanol–water partition coefficient (Wildman–Crippen LogP) is 9.49. The van der Waals surface area contributed by atoms with Gasteiger partial charge in [0.05, 0.1) is 15.7 Å². The highest BCUT2D eigenvalue weighted by Crippen LogP contribution is 2.42. The summed E-state index contributed by atoms with van der Waals surface area (Å²) in [5, 5.41) is 1.86. The van der Waals surface area contributed by atoms with Gasteiger partial charge in [0.15, 0.2) is 5.16 Å². The van der Waals surface area contributed by atoms with Crippen molar-refractivity contribution in [2.24, 2.45) is 0 Å². The summed E-state index contributed by atoms with van der Waals surface area (Å²) < 4.78 is 30.7. The summed E-state index contributed by atoms with van der Waals surface area (Å²) in [5.41, 5.74) is 2.26. The summed E-state index contributed by atoms with van der Waals surface area (Å²) in [4.78, 5) is 4.74. The van der Waals surface area contributed by atoms with E-state index in [1.54, 1.807) is 30.3 Å². The van der Waals surface area contributed by atoms with Crippen LogP contribution in [-0.2, 0) is 11.2 Å². The topological polar surface area (TPSA) is 17.8 Å². The molecule has 0 N–H and O–H groups in total. The van der Waals surface area contributed by atoms with Crippen LogP contribution in [0.3, 0.4) is 0 Å². The zero-order chi connectivity index (χ0) is 24.6. The molecule has 1 aromatic heterocycles. The molecular weight excluding hydrogens is 585 g/mol. The first-order chi connectivity index (χ1) is 16.1. The molecule has 0 aliphatic rings. The Hall–Kier alpha value is -1.57. The van der Waals surface area contributed by atoms with Gasteiger partial charge in [-0.1, -0.05) is 72.5 Å². The van der Waals surface area contributed by atoms with Crippen molar-refractivity contribution in [3.63, 3.8) is 0 Å². The van der Waals surface area contributed by atoms with Crippen molar-refractivity contribution in [3.05, 3.63) is 109 Å². The Bertz CT molecular complexity index is 1340. The van der Waals surface area contributed by atoms with E-state index in [1.165, 1.54) is 30.0 Å². The van der Waals surface area contributed by atoms with Gasteiger partial charge in [0, 0.05) is 27.4 Å². The quantitative estimate of drug-likeness (QED) is 0.205. The predicted molar refractivity (Wildman–Crippen MR) is 141 cm³/mol. The van der Waals surface area contributed by atoms with E-state index in [4.69, 9.17) is 39.8 Å². The third-order valence-electron chi connectivity index (χ3n) is 5.53. The molecule has 176 valence electrons. The van der Waals surface area contributed by atoms with Gasteiger partial charge in [-0.25, -0.2) is 13.8 Å². The molecule has 0 aliphatic carbocycles. The van der Waals surface area contributed by atoms with E-state index in [9.17, 15) is 8.78 Å². The van der Waals surface area contributed by atoms with Crippen molar-refractivity contribution in [1.29, 1.82) is 0 Å². The zero-order valence-electron chi connectivity index (χ0n) is 18.1. The van der Waals surface area contributed by atoms with Crippen molar-refractivity contribution in [2.45, 2.75) is 30.2 Å². The molecule has 0 spiro atoms. The third-order valence-corrected chi connectivity index (χ3v) is 8.14. The first-order valence-corrected chi connectivity index (χ1v) is 13.1. The molecule has 0 atom stereocenters. The number of hydrogen-bond donors (Lipinski definition) is 0. The summed E-state index contributed by atoms with van der Waals surface area (Å²) in [6, 6.07) is 16.2. The fourth-order valence-corrected chi connectivity index (χ4v) is 6.28. The van der Waals surface area contributed by atoms with E-state index in [-0.39, 0.29) is 17.4 Å². The number of benzene rings is 3. The summed E-state index contributed by atoms with van der Waals surface area (Å²) in [5.74, 6) is -0.459. The van der Waals surface area contributed by atoms with E-state index >= 15 is 0 Å². The Kier molecular flexibility index (Phi) is 7.65. The van der Waals surface area contributed by atoms with Crippen LogP contribution in [0.1, 0.15) is 30.7 Å². The fraction of sp³-hybridized carbons (Fsp3) is 0.160. The highest BCUT2D eigenvalue weighted by molar-refractivity contribution is 9.10. The molecule has 2 nitrogen and oxygen atoms in total. The first kappa shape index (κ1) is 25.5. The van der Waals surface area contributed by atoms with Gasteiger partial charge in [-0.3, -0.25) is 4.57 Å². The highest BCUT2D eigenvalue weighted by Gasteiger charge is 2.33. The van der Waals surface area contributed by atoms with E-state index in [1.807, 2.05) is 30.5 Å². The van der Waals surface area contributed by atoms with Crippen molar-refractivity contribution in [1.82, 2.24) is 9.55 Å². The highest BCUT2D eigenvalue weighted by atomic mass is 79.9. The Balaban J connectivity index is 1.85. The average molecular weight is 603 g/mol. The second-order valence-electron chi connectivity index (χ2n) is 8.09. The lowest BCUT2D eigenvalue weighted by Gasteiger charge is -2.28. The molecule has 4 aromatic rings. The fourth-order valence-electron chi connectivity index (χ4n) is 3.67. The second-order valence-corrected chi connectivity index (χ2v) is 11.0. The van der Waals surface area contributed by atoms with Crippen molar-refractivity contribution in [2.75, 3.05) is 0 Å². The van der Waals surface area contributed by atoms with Crippen molar-refractivity contribution >= 4 is 62.5 Å². The van der Waals surface area contributed by atoms with Crippen LogP contribution in [0.4, 0.5) is 8.78 Å². The van der Waals surface area contributed by atoms with E-state index in [2.05, 4.69) is 15.9 Å². The van der Waals surface area contributed by atoms with Gasteiger partial charge >= 0.3 is 0 Å². The number of aromatic nitrogens is 2. The van der Waals surface area contributed by atoms with Gasteiger partial charge in [0.2, 0.25) is 0 Å². The molecule has 9 heteroatoms. The van der Waals surface area contributed by atoms with Crippen molar-refractivity contribution in [3.8, 4) is 5.69 Å².